The van der Waals surface area contributed by atoms with Gasteiger partial charge in [0.1, 0.15) is 0 Å². The molecule has 0 aliphatic rings. The molecule has 0 radical (unpaired) electrons. The molecule has 15 heavy (non-hydrogen) atoms. The number of rotatable bonds is 3. The van der Waals surface area contributed by atoms with Crippen LogP contribution in [0.4, 0.5) is 0 Å². The number of aliphatic hydroxyl groups is 1. The summed E-state index contributed by atoms with van der Waals surface area (Å²) in [7, 11) is 0. The quantitative estimate of drug-likeness (QED) is 0.799. The lowest BCUT2D eigenvalue weighted by molar-refractivity contribution is 0.288. The highest BCUT2D eigenvalue weighted by molar-refractivity contribution is 5.53. The summed E-state index contributed by atoms with van der Waals surface area (Å²) in [6.07, 6.45) is 2.93. The summed E-state index contributed by atoms with van der Waals surface area (Å²) in [6.45, 7) is 6.75. The molecule has 0 aliphatic heterocycles. The Bertz CT molecular complexity index is 317. The highest BCUT2D eigenvalue weighted by Gasteiger charge is 2.15. The second kappa shape index (κ2) is 5.13. The van der Waals surface area contributed by atoms with E-state index in [9.17, 15) is 0 Å². The fraction of sp³-hybridized carbons (Fsp3) is 0.429. The van der Waals surface area contributed by atoms with Gasteiger partial charge in [0, 0.05) is 6.61 Å². The third-order valence-electron chi connectivity index (χ3n) is 2.48. The molecule has 0 aliphatic carbocycles. The Morgan fingerprint density at radius 2 is 1.80 bits per heavy atom. The van der Waals surface area contributed by atoms with Crippen LogP contribution >= 0.6 is 0 Å². The summed E-state index contributed by atoms with van der Waals surface area (Å²) in [5.74, 6) is 0. The van der Waals surface area contributed by atoms with Gasteiger partial charge in [0.25, 0.3) is 0 Å². The Labute approximate surface area is 92.5 Å². The lowest BCUT2D eigenvalue weighted by Gasteiger charge is -2.22. The normalized spacial score (nSPS) is 12.9. The summed E-state index contributed by atoms with van der Waals surface area (Å²) in [4.78, 5) is 0. The molecular formula is C14H20O. The smallest absolute Gasteiger partial charge is 0.0468 e. The van der Waals surface area contributed by atoms with E-state index in [4.69, 9.17) is 5.11 Å². The van der Waals surface area contributed by atoms with Crippen LogP contribution in [-0.2, 0) is 0 Å². The average molecular weight is 204 g/mol. The summed E-state index contributed by atoms with van der Waals surface area (Å²) >= 11 is 0. The minimum absolute atomic E-state index is 0.124. The van der Waals surface area contributed by atoms with Crippen molar-refractivity contribution in [2.45, 2.75) is 27.2 Å². The van der Waals surface area contributed by atoms with E-state index in [2.05, 4.69) is 39.0 Å². The van der Waals surface area contributed by atoms with Crippen molar-refractivity contribution in [2.24, 2.45) is 5.41 Å². The van der Waals surface area contributed by atoms with Gasteiger partial charge in [-0.3, -0.25) is 0 Å². The van der Waals surface area contributed by atoms with Crippen LogP contribution in [0.3, 0.4) is 0 Å². The van der Waals surface area contributed by atoms with E-state index in [0.29, 0.717) is 0 Å². The molecule has 0 fully saturated rings. The third-order valence-corrected chi connectivity index (χ3v) is 2.48. The second-order valence-corrected chi connectivity index (χ2v) is 4.80. The Balaban J connectivity index is 2.94. The van der Waals surface area contributed by atoms with Gasteiger partial charge in [0.15, 0.2) is 0 Å². The van der Waals surface area contributed by atoms with Crippen LogP contribution < -0.4 is 0 Å². The van der Waals surface area contributed by atoms with Gasteiger partial charge in [-0.1, -0.05) is 62.8 Å². The van der Waals surface area contributed by atoms with E-state index < -0.39 is 0 Å². The molecule has 0 saturated heterocycles. The van der Waals surface area contributed by atoms with Crippen molar-refractivity contribution in [3.8, 4) is 0 Å². The monoisotopic (exact) mass is 204 g/mol. The largest absolute Gasteiger partial charge is 0.396 e. The molecule has 1 N–H and O–H groups in total. The van der Waals surface area contributed by atoms with Gasteiger partial charge in [-0.15, -0.1) is 0 Å². The van der Waals surface area contributed by atoms with Gasteiger partial charge < -0.3 is 5.11 Å². The van der Waals surface area contributed by atoms with Crippen LogP contribution in [0.1, 0.15) is 32.8 Å². The molecule has 1 aromatic rings. The van der Waals surface area contributed by atoms with Crippen LogP contribution in [0.15, 0.2) is 35.9 Å². The van der Waals surface area contributed by atoms with Crippen LogP contribution in [0.25, 0.3) is 6.08 Å². The predicted octanol–water partition coefficient (Wildman–Crippen LogP) is 3.50. The topological polar surface area (TPSA) is 20.2 Å². The molecular weight excluding hydrogens is 184 g/mol. The molecule has 1 nitrogen and oxygen atoms in total. The standard InChI is InChI=1S/C14H20O/c1-14(2,3)13(9-10-15)11-12-7-5-4-6-8-12/h4-8,11,15H,9-10H2,1-3H3. The van der Waals surface area contributed by atoms with Crippen LogP contribution in [0.2, 0.25) is 0 Å². The fourth-order valence-electron chi connectivity index (χ4n) is 1.53. The Kier molecular flexibility index (Phi) is 4.10. The predicted molar refractivity (Wildman–Crippen MR) is 65.6 cm³/mol. The second-order valence-electron chi connectivity index (χ2n) is 4.80. The van der Waals surface area contributed by atoms with Crippen LogP contribution in [-0.4, -0.2) is 11.7 Å². The lowest BCUT2D eigenvalue weighted by atomic mass is 9.83. The molecule has 0 unspecified atom stereocenters. The molecule has 0 atom stereocenters. The molecule has 0 saturated carbocycles. The average Bonchev–Trinajstić information content (AvgIpc) is 2.17. The maximum absolute atomic E-state index is 9.04. The number of benzene rings is 1. The van der Waals surface area contributed by atoms with Crippen LogP contribution in [0.5, 0.6) is 0 Å². The molecule has 0 spiro atoms. The van der Waals surface area contributed by atoms with Gasteiger partial charge in [-0.05, 0) is 17.4 Å². The summed E-state index contributed by atoms with van der Waals surface area (Å²) < 4.78 is 0. The third kappa shape index (κ3) is 3.88. The van der Waals surface area contributed by atoms with E-state index >= 15 is 0 Å². The maximum Gasteiger partial charge on any atom is 0.0468 e. The van der Waals surface area contributed by atoms with E-state index in [1.165, 1.54) is 11.1 Å². The molecule has 0 aromatic heterocycles. The molecule has 0 heterocycles. The van der Waals surface area contributed by atoms with Crippen molar-refractivity contribution in [2.75, 3.05) is 6.61 Å². The fourth-order valence-corrected chi connectivity index (χ4v) is 1.53. The van der Waals surface area contributed by atoms with Crippen molar-refractivity contribution in [3.05, 3.63) is 41.5 Å². The van der Waals surface area contributed by atoms with E-state index in [1.54, 1.807) is 0 Å². The first-order valence-electron chi connectivity index (χ1n) is 5.41. The molecule has 1 heteroatoms. The Morgan fingerprint density at radius 1 is 1.20 bits per heavy atom. The Hall–Kier alpha value is -1.08. The molecule has 1 aromatic carbocycles. The van der Waals surface area contributed by atoms with Gasteiger partial charge in [0.2, 0.25) is 0 Å². The first-order chi connectivity index (χ1) is 7.04. The van der Waals surface area contributed by atoms with Crippen molar-refractivity contribution >= 4 is 6.08 Å². The van der Waals surface area contributed by atoms with Crippen molar-refractivity contribution in [3.63, 3.8) is 0 Å². The maximum atomic E-state index is 9.04. The molecule has 82 valence electrons. The van der Waals surface area contributed by atoms with E-state index in [1.807, 2.05) is 18.2 Å². The highest BCUT2D eigenvalue weighted by Crippen LogP contribution is 2.29. The molecule has 1 rings (SSSR count). The zero-order chi connectivity index (χ0) is 11.3. The minimum atomic E-state index is 0.124. The molecule has 0 bridgehead atoms. The Morgan fingerprint density at radius 3 is 2.27 bits per heavy atom. The SMILES string of the molecule is CC(C)(C)C(=Cc1ccccc1)CCO. The zero-order valence-electron chi connectivity index (χ0n) is 9.83. The zero-order valence-corrected chi connectivity index (χ0v) is 9.83. The minimum Gasteiger partial charge on any atom is -0.396 e. The summed E-state index contributed by atoms with van der Waals surface area (Å²) in [5, 5.41) is 9.04. The first kappa shape index (κ1) is 12.0. The van der Waals surface area contributed by atoms with Crippen molar-refractivity contribution in [1.29, 1.82) is 0 Å². The summed E-state index contributed by atoms with van der Waals surface area (Å²) in [5.41, 5.74) is 2.62. The van der Waals surface area contributed by atoms with Gasteiger partial charge in [0.05, 0.1) is 0 Å². The van der Waals surface area contributed by atoms with Gasteiger partial charge in [-0.25, -0.2) is 0 Å². The first-order valence-corrected chi connectivity index (χ1v) is 5.41. The molecule has 0 amide bonds. The number of hydrogen-bond acceptors (Lipinski definition) is 1. The van der Waals surface area contributed by atoms with Crippen molar-refractivity contribution in [1.82, 2.24) is 0 Å². The number of aliphatic hydroxyl groups excluding tert-OH is 1. The van der Waals surface area contributed by atoms with E-state index in [0.717, 1.165) is 6.42 Å². The van der Waals surface area contributed by atoms with Crippen LogP contribution in [0, 0.1) is 5.41 Å². The van der Waals surface area contributed by atoms with Crippen molar-refractivity contribution < 1.29 is 5.11 Å². The lowest BCUT2D eigenvalue weighted by Crippen LogP contribution is -2.10. The van der Waals surface area contributed by atoms with Gasteiger partial charge in [-0.2, -0.15) is 0 Å². The van der Waals surface area contributed by atoms with E-state index in [-0.39, 0.29) is 12.0 Å². The van der Waals surface area contributed by atoms with Gasteiger partial charge >= 0.3 is 0 Å². The highest BCUT2D eigenvalue weighted by atomic mass is 16.2. The number of hydrogen-bond donors (Lipinski definition) is 1. The summed E-state index contributed by atoms with van der Waals surface area (Å²) in [6, 6.07) is 10.3.